The summed E-state index contributed by atoms with van der Waals surface area (Å²) in [6.07, 6.45) is 3.57. The summed E-state index contributed by atoms with van der Waals surface area (Å²) in [4.78, 5) is 14.8. The minimum Gasteiger partial charge on any atom is -0.355 e. The number of nitrogens with zero attached hydrogens (tertiary/aromatic N) is 4. The predicted octanol–water partition coefficient (Wildman–Crippen LogP) is 3.28. The zero-order valence-electron chi connectivity index (χ0n) is 11.3. The molecule has 0 spiro atoms. The number of aromatic nitrogens is 3. The Kier molecular flexibility index (Phi) is 4.32. The van der Waals surface area contributed by atoms with E-state index in [1.807, 2.05) is 19.2 Å². The van der Waals surface area contributed by atoms with Gasteiger partial charge in [-0.1, -0.05) is 25.4 Å². The molecule has 4 nitrogen and oxygen atoms in total. The molecule has 2 aromatic heterocycles. The van der Waals surface area contributed by atoms with Crippen molar-refractivity contribution in [3.63, 3.8) is 0 Å². The summed E-state index contributed by atoms with van der Waals surface area (Å²) >= 11 is 6.05. The summed E-state index contributed by atoms with van der Waals surface area (Å²) in [7, 11) is 1.99. The van der Waals surface area contributed by atoms with E-state index in [0.29, 0.717) is 5.15 Å². The van der Waals surface area contributed by atoms with E-state index in [2.05, 4.69) is 33.7 Å². The van der Waals surface area contributed by atoms with Crippen molar-refractivity contribution >= 4 is 17.4 Å². The molecule has 0 unspecified atom stereocenters. The highest BCUT2D eigenvalue weighted by Gasteiger charge is 2.10. The highest BCUT2D eigenvalue weighted by molar-refractivity contribution is 6.29. The van der Waals surface area contributed by atoms with Gasteiger partial charge >= 0.3 is 0 Å². The molecule has 2 aromatic rings. The first-order valence-corrected chi connectivity index (χ1v) is 6.58. The van der Waals surface area contributed by atoms with Gasteiger partial charge in [-0.15, -0.1) is 0 Å². The molecule has 0 atom stereocenters. The number of pyridine rings is 1. The lowest BCUT2D eigenvalue weighted by Crippen LogP contribution is -2.18. The second-order valence-corrected chi connectivity index (χ2v) is 5.16. The third-order valence-corrected chi connectivity index (χ3v) is 2.97. The van der Waals surface area contributed by atoms with Crippen LogP contribution >= 0.6 is 11.6 Å². The Bertz CT molecular complexity index is 542. The molecule has 0 bridgehead atoms. The average Bonchev–Trinajstić information content (AvgIpc) is 2.39. The maximum absolute atomic E-state index is 6.05. The molecular formula is C14H17ClN4. The SMILES string of the molecule is CC(C)c1nc(Cl)cc(N(C)Cc2ccncc2)n1. The van der Waals surface area contributed by atoms with E-state index in [4.69, 9.17) is 11.6 Å². The van der Waals surface area contributed by atoms with Crippen molar-refractivity contribution in [3.05, 3.63) is 47.1 Å². The monoisotopic (exact) mass is 276 g/mol. The van der Waals surface area contributed by atoms with Crippen LogP contribution in [-0.2, 0) is 6.54 Å². The van der Waals surface area contributed by atoms with Gasteiger partial charge in [0, 0.05) is 38.0 Å². The third-order valence-electron chi connectivity index (χ3n) is 2.78. The number of hydrogen-bond acceptors (Lipinski definition) is 4. The first-order chi connectivity index (χ1) is 9.06. The lowest BCUT2D eigenvalue weighted by Gasteiger charge is -2.19. The van der Waals surface area contributed by atoms with Crippen molar-refractivity contribution in [2.45, 2.75) is 26.3 Å². The van der Waals surface area contributed by atoms with Crippen LogP contribution in [0.3, 0.4) is 0 Å². The van der Waals surface area contributed by atoms with Crippen molar-refractivity contribution in [1.29, 1.82) is 0 Å². The fourth-order valence-corrected chi connectivity index (χ4v) is 1.90. The molecule has 0 N–H and O–H groups in total. The maximum atomic E-state index is 6.05. The fraction of sp³-hybridized carbons (Fsp3) is 0.357. The number of halogens is 1. The van der Waals surface area contributed by atoms with Gasteiger partial charge in [-0.25, -0.2) is 9.97 Å². The fourth-order valence-electron chi connectivity index (χ4n) is 1.72. The van der Waals surface area contributed by atoms with Gasteiger partial charge in [0.25, 0.3) is 0 Å². The number of rotatable bonds is 4. The van der Waals surface area contributed by atoms with E-state index in [9.17, 15) is 0 Å². The molecule has 0 aromatic carbocycles. The van der Waals surface area contributed by atoms with Gasteiger partial charge < -0.3 is 4.90 Å². The molecule has 0 aliphatic rings. The zero-order chi connectivity index (χ0) is 13.8. The second-order valence-electron chi connectivity index (χ2n) is 4.77. The predicted molar refractivity (Wildman–Crippen MR) is 77.5 cm³/mol. The molecule has 2 heterocycles. The molecule has 0 saturated carbocycles. The molecule has 100 valence electrons. The van der Waals surface area contributed by atoms with Crippen molar-refractivity contribution in [2.24, 2.45) is 0 Å². The molecule has 0 aliphatic carbocycles. The summed E-state index contributed by atoms with van der Waals surface area (Å²) in [6.45, 7) is 4.87. The van der Waals surface area contributed by atoms with E-state index in [0.717, 1.165) is 18.2 Å². The van der Waals surface area contributed by atoms with Gasteiger partial charge in [-0.05, 0) is 17.7 Å². The highest BCUT2D eigenvalue weighted by Crippen LogP contribution is 2.20. The van der Waals surface area contributed by atoms with E-state index >= 15 is 0 Å². The van der Waals surface area contributed by atoms with Crippen LogP contribution in [0.25, 0.3) is 0 Å². The zero-order valence-corrected chi connectivity index (χ0v) is 12.1. The molecular weight excluding hydrogens is 260 g/mol. The molecule has 0 fully saturated rings. The van der Waals surface area contributed by atoms with Crippen molar-refractivity contribution in [2.75, 3.05) is 11.9 Å². The van der Waals surface area contributed by atoms with E-state index < -0.39 is 0 Å². The molecule has 19 heavy (non-hydrogen) atoms. The van der Waals surface area contributed by atoms with Crippen LogP contribution in [0.2, 0.25) is 5.15 Å². The third kappa shape index (κ3) is 3.64. The lowest BCUT2D eigenvalue weighted by molar-refractivity contribution is 0.762. The topological polar surface area (TPSA) is 41.9 Å². The Morgan fingerprint density at radius 3 is 2.53 bits per heavy atom. The first-order valence-electron chi connectivity index (χ1n) is 6.21. The van der Waals surface area contributed by atoms with Crippen LogP contribution in [-0.4, -0.2) is 22.0 Å². The lowest BCUT2D eigenvalue weighted by atomic mass is 10.2. The average molecular weight is 277 g/mol. The molecule has 0 radical (unpaired) electrons. The normalized spacial score (nSPS) is 10.8. The smallest absolute Gasteiger partial charge is 0.135 e. The van der Waals surface area contributed by atoms with E-state index in [-0.39, 0.29) is 5.92 Å². The molecule has 0 aliphatic heterocycles. The minimum atomic E-state index is 0.256. The van der Waals surface area contributed by atoms with Crippen LogP contribution in [0.15, 0.2) is 30.6 Å². The molecule has 0 saturated heterocycles. The van der Waals surface area contributed by atoms with Crippen molar-refractivity contribution < 1.29 is 0 Å². The van der Waals surface area contributed by atoms with Crippen molar-refractivity contribution in [3.8, 4) is 0 Å². The standard InChI is InChI=1S/C14H17ClN4/c1-10(2)14-17-12(15)8-13(18-14)19(3)9-11-4-6-16-7-5-11/h4-8,10H,9H2,1-3H3. The van der Waals surface area contributed by atoms with Gasteiger partial charge in [0.1, 0.15) is 16.8 Å². The minimum absolute atomic E-state index is 0.256. The molecule has 2 rings (SSSR count). The maximum Gasteiger partial charge on any atom is 0.135 e. The Morgan fingerprint density at radius 2 is 1.89 bits per heavy atom. The number of hydrogen-bond donors (Lipinski definition) is 0. The van der Waals surface area contributed by atoms with Crippen LogP contribution in [0, 0.1) is 0 Å². The van der Waals surface area contributed by atoms with Gasteiger partial charge in [-0.2, -0.15) is 0 Å². The summed E-state index contributed by atoms with van der Waals surface area (Å²) < 4.78 is 0. The largest absolute Gasteiger partial charge is 0.355 e. The Morgan fingerprint density at radius 1 is 1.21 bits per heavy atom. The van der Waals surface area contributed by atoms with Crippen LogP contribution < -0.4 is 4.90 Å². The summed E-state index contributed by atoms with van der Waals surface area (Å²) in [5, 5.41) is 0.482. The first kappa shape index (κ1) is 13.7. The van der Waals surface area contributed by atoms with E-state index in [1.165, 1.54) is 5.56 Å². The van der Waals surface area contributed by atoms with Gasteiger partial charge in [0.05, 0.1) is 0 Å². The van der Waals surface area contributed by atoms with Crippen LogP contribution in [0.5, 0.6) is 0 Å². The number of anilines is 1. The van der Waals surface area contributed by atoms with E-state index in [1.54, 1.807) is 18.5 Å². The Labute approximate surface area is 118 Å². The van der Waals surface area contributed by atoms with Gasteiger partial charge in [-0.3, -0.25) is 4.98 Å². The van der Waals surface area contributed by atoms with Crippen molar-refractivity contribution in [1.82, 2.24) is 15.0 Å². The van der Waals surface area contributed by atoms with Crippen LogP contribution in [0.1, 0.15) is 31.2 Å². The summed E-state index contributed by atoms with van der Waals surface area (Å²) in [6, 6.07) is 5.76. The quantitative estimate of drug-likeness (QED) is 0.804. The molecule has 0 amide bonds. The summed E-state index contributed by atoms with van der Waals surface area (Å²) in [5.41, 5.74) is 1.18. The van der Waals surface area contributed by atoms with Crippen LogP contribution in [0.4, 0.5) is 5.82 Å². The molecule has 5 heteroatoms. The highest BCUT2D eigenvalue weighted by atomic mass is 35.5. The van der Waals surface area contributed by atoms with Gasteiger partial charge in [0.2, 0.25) is 0 Å². The Balaban J connectivity index is 2.21. The van der Waals surface area contributed by atoms with Gasteiger partial charge in [0.15, 0.2) is 0 Å². The summed E-state index contributed by atoms with van der Waals surface area (Å²) in [5.74, 6) is 1.86. The second kappa shape index (κ2) is 5.97. The Hall–Kier alpha value is -1.68.